The zero-order chi connectivity index (χ0) is 42.3. The fourth-order valence-electron chi connectivity index (χ4n) is 7.43. The Labute approximate surface area is 342 Å². The third-order valence-electron chi connectivity index (χ3n) is 10.7. The number of methoxy groups -OCH3 is 1. The summed E-state index contributed by atoms with van der Waals surface area (Å²) in [6.07, 6.45) is 3.65. The zero-order valence-electron chi connectivity index (χ0n) is 33.3. The second-order valence-corrected chi connectivity index (χ2v) is 18.2. The van der Waals surface area contributed by atoms with Gasteiger partial charge in [0.15, 0.2) is 0 Å². The average Bonchev–Trinajstić information content (AvgIpc) is 4.09. The van der Waals surface area contributed by atoms with Crippen molar-refractivity contribution >= 4 is 50.6 Å². The van der Waals surface area contributed by atoms with Crippen molar-refractivity contribution in [2.75, 3.05) is 26.7 Å². The third-order valence-corrected chi connectivity index (χ3v) is 12.5. The van der Waals surface area contributed by atoms with Crippen LogP contribution in [0.5, 0.6) is 11.5 Å². The van der Waals surface area contributed by atoms with Crippen molar-refractivity contribution in [3.8, 4) is 22.8 Å². The number of benzene rings is 2. The predicted octanol–water partition coefficient (Wildman–Crippen LogP) is 3.22. The van der Waals surface area contributed by atoms with E-state index in [1.807, 2.05) is 30.3 Å². The maximum atomic E-state index is 14.7. The molecule has 3 aromatic rings. The molecule has 16 nitrogen and oxygen atoms in total. The summed E-state index contributed by atoms with van der Waals surface area (Å²) in [5.74, 6) is -2.28. The molecule has 2 aliphatic carbocycles. The molecule has 0 radical (unpaired) electrons. The van der Waals surface area contributed by atoms with Crippen LogP contribution in [0.3, 0.4) is 0 Å². The summed E-state index contributed by atoms with van der Waals surface area (Å²) >= 11 is 0. The van der Waals surface area contributed by atoms with Crippen LogP contribution >= 0.6 is 0 Å². The number of hydrogen-bond acceptors (Lipinski definition) is 11. The Balaban J connectivity index is 1.22. The molecule has 17 heteroatoms. The molecule has 1 saturated heterocycles. The van der Waals surface area contributed by atoms with Crippen LogP contribution in [0.15, 0.2) is 79.4 Å². The highest BCUT2D eigenvalue weighted by Crippen LogP contribution is 2.45. The number of carbonyl (C=O) groups excluding carboxylic acids is 5. The summed E-state index contributed by atoms with van der Waals surface area (Å²) in [5.41, 5.74) is -0.545. The minimum Gasteiger partial charge on any atom is -0.497 e. The van der Waals surface area contributed by atoms with Crippen LogP contribution in [0, 0.1) is 5.92 Å². The van der Waals surface area contributed by atoms with Gasteiger partial charge in [0.05, 0.1) is 36.7 Å². The standard InChI is InChI=1S/C42H48N6O10S/c1-6-26-22-42(26,39(52)46-59(54,55)29-15-16-29)45-37(50)34-20-28(23-48(34)38(51)33(24-47-18-10-13-36(47)49)44-40(53)58-41(2,3)4)57-35-21-31(25-11-8-7-9-12-25)43-32-19-27(56-5)14-17-30(32)35/h6-14,17,19,21,26,28-29,33-34H,1,15-16,18,20,22-24H2,2-5H3,(H,44,53)(H,45,50)(H,46,52)/t26-,28-,33+,34+,42-/m1/s1. The highest BCUT2D eigenvalue weighted by Gasteiger charge is 2.62. The largest absolute Gasteiger partial charge is 0.497 e. The smallest absolute Gasteiger partial charge is 0.408 e. The van der Waals surface area contributed by atoms with Crippen molar-refractivity contribution in [2.24, 2.45) is 5.92 Å². The van der Waals surface area contributed by atoms with Crippen LogP contribution in [0.1, 0.15) is 46.5 Å². The summed E-state index contributed by atoms with van der Waals surface area (Å²) in [4.78, 5) is 76.2. The number of fused-ring (bicyclic) bond motifs is 1. The Kier molecular flexibility index (Phi) is 11.2. The molecule has 1 aromatic heterocycles. The Morgan fingerprint density at radius 2 is 1.83 bits per heavy atom. The van der Waals surface area contributed by atoms with Crippen LogP contribution in [0.25, 0.3) is 22.2 Å². The number of amides is 5. The average molecular weight is 829 g/mol. The van der Waals surface area contributed by atoms with E-state index in [2.05, 4.69) is 21.9 Å². The SMILES string of the molecule is C=C[C@@H]1C[C@]1(NC(=O)[C@@H]1C[C@@H](Oc2cc(-c3ccccc3)nc3cc(OC)ccc23)CN1C(=O)[C@H](CN1CC=CC1=O)NC(=O)OC(C)(C)C)C(=O)NS(=O)(=O)C1CC1. The predicted molar refractivity (Wildman–Crippen MR) is 216 cm³/mol. The molecular formula is C42H48N6O10S. The molecule has 3 N–H and O–H groups in total. The van der Waals surface area contributed by atoms with Crippen molar-refractivity contribution in [1.29, 1.82) is 0 Å². The van der Waals surface area contributed by atoms with E-state index in [1.54, 1.807) is 58.2 Å². The van der Waals surface area contributed by atoms with Gasteiger partial charge in [-0.15, -0.1) is 6.58 Å². The first-order chi connectivity index (χ1) is 28.0. The molecule has 2 aromatic carbocycles. The fourth-order valence-corrected chi connectivity index (χ4v) is 8.79. The number of hydrogen-bond donors (Lipinski definition) is 3. The second kappa shape index (κ2) is 16.0. The van der Waals surface area contributed by atoms with E-state index in [4.69, 9.17) is 19.2 Å². The molecule has 0 unspecified atom stereocenters. The van der Waals surface area contributed by atoms with Crippen LogP contribution in [-0.2, 0) is 33.9 Å². The summed E-state index contributed by atoms with van der Waals surface area (Å²) in [5, 5.41) is 5.35. The van der Waals surface area contributed by atoms with E-state index in [-0.39, 0.29) is 38.4 Å². The molecule has 3 heterocycles. The first kappa shape index (κ1) is 41.2. The highest BCUT2D eigenvalue weighted by molar-refractivity contribution is 7.91. The first-order valence-electron chi connectivity index (χ1n) is 19.5. The van der Waals surface area contributed by atoms with E-state index in [1.165, 1.54) is 22.0 Å². The van der Waals surface area contributed by atoms with Gasteiger partial charge in [0, 0.05) is 48.0 Å². The van der Waals surface area contributed by atoms with Crippen LogP contribution in [0.2, 0.25) is 0 Å². The van der Waals surface area contributed by atoms with Crippen molar-refractivity contribution in [3.63, 3.8) is 0 Å². The molecule has 4 aliphatic rings. The maximum absolute atomic E-state index is 14.7. The molecule has 0 spiro atoms. The van der Waals surface area contributed by atoms with Crippen LogP contribution < -0.4 is 24.8 Å². The summed E-state index contributed by atoms with van der Waals surface area (Å²) in [7, 11) is -2.40. The van der Waals surface area contributed by atoms with Crippen molar-refractivity contribution in [1.82, 2.24) is 30.1 Å². The van der Waals surface area contributed by atoms with Crippen molar-refractivity contribution in [3.05, 3.63) is 79.4 Å². The first-order valence-corrected chi connectivity index (χ1v) is 21.0. The lowest BCUT2D eigenvalue weighted by Crippen LogP contribution is -2.60. The number of ether oxygens (including phenoxy) is 3. The van der Waals surface area contributed by atoms with Gasteiger partial charge < -0.3 is 34.6 Å². The number of nitrogens with zero attached hydrogens (tertiary/aromatic N) is 3. The van der Waals surface area contributed by atoms with Gasteiger partial charge in [-0.05, 0) is 52.2 Å². The Hall–Kier alpha value is -5.97. The van der Waals surface area contributed by atoms with Crippen molar-refractivity contribution in [2.45, 2.75) is 81.0 Å². The molecule has 5 amide bonds. The molecule has 2 aliphatic heterocycles. The molecule has 0 bridgehead atoms. The second-order valence-electron chi connectivity index (χ2n) is 16.3. The van der Waals surface area contributed by atoms with Crippen LogP contribution in [0.4, 0.5) is 4.79 Å². The number of carbonyl (C=O) groups is 5. The summed E-state index contributed by atoms with van der Waals surface area (Å²) in [6.45, 7) is 8.59. The van der Waals surface area contributed by atoms with Crippen molar-refractivity contribution < 1.29 is 46.6 Å². The monoisotopic (exact) mass is 828 g/mol. The number of aromatic nitrogens is 1. The van der Waals surface area contributed by atoms with Gasteiger partial charge in [-0.2, -0.15) is 0 Å². The molecule has 7 rings (SSSR count). The number of likely N-dealkylation sites (tertiary alicyclic amines) is 1. The third kappa shape index (κ3) is 9.04. The Morgan fingerprint density at radius 1 is 1.08 bits per heavy atom. The van der Waals surface area contributed by atoms with Gasteiger partial charge in [-0.1, -0.05) is 42.5 Å². The van der Waals surface area contributed by atoms with Crippen LogP contribution in [-0.4, -0.2) is 114 Å². The lowest BCUT2D eigenvalue weighted by Gasteiger charge is -2.32. The van der Waals surface area contributed by atoms with Gasteiger partial charge in [0.2, 0.25) is 27.7 Å². The quantitative estimate of drug-likeness (QED) is 0.202. The lowest BCUT2D eigenvalue weighted by molar-refractivity contribution is -0.141. The maximum Gasteiger partial charge on any atom is 0.408 e. The molecular weight excluding hydrogens is 781 g/mol. The summed E-state index contributed by atoms with van der Waals surface area (Å²) < 4.78 is 45.4. The number of sulfonamides is 1. The van der Waals surface area contributed by atoms with E-state index < -0.39 is 74.3 Å². The van der Waals surface area contributed by atoms with E-state index in [9.17, 15) is 32.4 Å². The Morgan fingerprint density at radius 3 is 2.46 bits per heavy atom. The van der Waals surface area contributed by atoms with E-state index in [0.29, 0.717) is 40.9 Å². The van der Waals surface area contributed by atoms with Gasteiger partial charge in [0.25, 0.3) is 5.91 Å². The zero-order valence-corrected chi connectivity index (χ0v) is 34.1. The summed E-state index contributed by atoms with van der Waals surface area (Å²) in [6, 6.07) is 14.0. The normalized spacial score (nSPS) is 23.1. The lowest BCUT2D eigenvalue weighted by atomic mass is 10.1. The van der Waals surface area contributed by atoms with Gasteiger partial charge >= 0.3 is 6.09 Å². The molecule has 2 saturated carbocycles. The fraction of sp³-hybridized carbons (Fsp3) is 0.429. The van der Waals surface area contributed by atoms with E-state index >= 15 is 0 Å². The number of alkyl carbamates (subject to hydrolysis) is 1. The number of rotatable bonds is 14. The molecule has 3 fully saturated rings. The molecule has 5 atom stereocenters. The van der Waals surface area contributed by atoms with Gasteiger partial charge in [0.1, 0.15) is 40.8 Å². The van der Waals surface area contributed by atoms with Gasteiger partial charge in [-0.3, -0.25) is 23.9 Å². The van der Waals surface area contributed by atoms with E-state index in [0.717, 1.165) is 5.56 Å². The molecule has 59 heavy (non-hydrogen) atoms. The topological polar surface area (TPSA) is 203 Å². The Bertz CT molecular complexity index is 2330. The van der Waals surface area contributed by atoms with Gasteiger partial charge in [-0.25, -0.2) is 18.2 Å². The molecule has 312 valence electrons. The number of nitrogens with one attached hydrogen (secondary N) is 3. The number of pyridine rings is 1. The highest BCUT2D eigenvalue weighted by atomic mass is 32.2. The minimum atomic E-state index is -3.95. The minimum absolute atomic E-state index is 0.0571.